The molecule has 0 aliphatic heterocycles. The molecule has 1 unspecified atom stereocenters. The maximum atomic E-state index is 2.77. The Morgan fingerprint density at radius 3 is 1.73 bits per heavy atom. The van der Waals surface area contributed by atoms with E-state index in [0.717, 1.165) is 24.2 Å². The molecule has 0 N–H and O–H groups in total. The van der Waals surface area contributed by atoms with Gasteiger partial charge in [-0.2, -0.15) is 0 Å². The summed E-state index contributed by atoms with van der Waals surface area (Å²) < 4.78 is 5.20. The molecule has 286 valence electrons. The number of allylic oxidation sites excluding steroid dienone is 4. The van der Waals surface area contributed by atoms with E-state index >= 15 is 0 Å². The summed E-state index contributed by atoms with van der Waals surface area (Å²) >= 11 is -2.94. The molecule has 55 heavy (non-hydrogen) atoms. The largest absolute Gasteiger partial charge is 1.00 e. The zero-order valence-corrected chi connectivity index (χ0v) is 38.4. The molecule has 4 aromatic rings. The summed E-state index contributed by atoms with van der Waals surface area (Å²) in [7, 11) is 0. The fourth-order valence-corrected chi connectivity index (χ4v) is 21.0. The Morgan fingerprint density at radius 2 is 1.20 bits per heavy atom. The van der Waals surface area contributed by atoms with Crippen molar-refractivity contribution in [3.05, 3.63) is 145 Å². The topological polar surface area (TPSA) is 0 Å². The van der Waals surface area contributed by atoms with Crippen molar-refractivity contribution in [3.63, 3.8) is 0 Å². The molecular formula is C52H60Cl2Zr. The number of hydrogen-bond donors (Lipinski definition) is 0. The Hall–Kier alpha value is -2.31. The van der Waals surface area contributed by atoms with Crippen molar-refractivity contribution < 1.29 is 46.1 Å². The number of hydrogen-bond acceptors (Lipinski definition) is 0. The van der Waals surface area contributed by atoms with Crippen LogP contribution in [-0.2, 0) is 38.5 Å². The molecule has 4 fully saturated rings. The first-order valence-corrected chi connectivity index (χ1v) is 24.5. The van der Waals surface area contributed by atoms with Crippen LogP contribution in [0.4, 0.5) is 0 Å². The van der Waals surface area contributed by atoms with Crippen molar-refractivity contribution in [1.29, 1.82) is 0 Å². The fraction of sp³-hybridized carbons (Fsp3) is 0.442. The van der Waals surface area contributed by atoms with Gasteiger partial charge in [-0.15, -0.1) is 0 Å². The minimum atomic E-state index is -2.94. The first kappa shape index (κ1) is 40.9. The van der Waals surface area contributed by atoms with Crippen LogP contribution in [0.2, 0.25) is 0 Å². The quantitative estimate of drug-likeness (QED) is 0.176. The van der Waals surface area contributed by atoms with Crippen LogP contribution < -0.4 is 28.1 Å². The van der Waals surface area contributed by atoms with Gasteiger partial charge in [0, 0.05) is 0 Å². The summed E-state index contributed by atoms with van der Waals surface area (Å²) in [5.74, 6) is 3.46. The Labute approximate surface area is 352 Å². The van der Waals surface area contributed by atoms with Gasteiger partial charge in [0.15, 0.2) is 0 Å². The third-order valence-electron chi connectivity index (χ3n) is 14.2. The molecule has 3 heteroatoms. The van der Waals surface area contributed by atoms with Gasteiger partial charge in [-0.25, -0.2) is 0 Å². The van der Waals surface area contributed by atoms with Gasteiger partial charge >= 0.3 is 330 Å². The van der Waals surface area contributed by atoms with Gasteiger partial charge in [0.05, 0.1) is 0 Å². The van der Waals surface area contributed by atoms with Gasteiger partial charge < -0.3 is 24.8 Å². The number of benzene rings is 4. The molecule has 1 atom stereocenters. The first-order valence-electron chi connectivity index (χ1n) is 20.9. The Kier molecular flexibility index (Phi) is 11.2. The molecule has 0 nitrogen and oxygen atoms in total. The van der Waals surface area contributed by atoms with E-state index < -0.39 is 21.3 Å². The van der Waals surface area contributed by atoms with Crippen LogP contribution in [0.25, 0.3) is 11.1 Å². The molecule has 6 aliphatic carbocycles. The molecule has 0 spiro atoms. The van der Waals surface area contributed by atoms with Crippen LogP contribution in [-0.4, -0.2) is 3.21 Å². The number of fused-ring (bicyclic) bond motifs is 3. The van der Waals surface area contributed by atoms with Crippen molar-refractivity contribution in [2.45, 2.75) is 118 Å². The van der Waals surface area contributed by atoms with Gasteiger partial charge in [-0.05, 0) is 0 Å². The number of rotatable bonds is 6. The van der Waals surface area contributed by atoms with E-state index in [-0.39, 0.29) is 35.6 Å². The molecule has 0 heterocycles. The number of halogens is 2. The van der Waals surface area contributed by atoms with E-state index in [1.165, 1.54) is 83.9 Å². The molecule has 4 saturated carbocycles. The molecule has 0 radical (unpaired) electrons. The van der Waals surface area contributed by atoms with E-state index in [1.54, 1.807) is 23.2 Å². The van der Waals surface area contributed by atoms with Gasteiger partial charge in [-0.1, -0.05) is 0 Å². The van der Waals surface area contributed by atoms with Crippen molar-refractivity contribution >= 4 is 6.48 Å². The maximum absolute atomic E-state index is 2.94. The molecule has 4 bridgehead atoms. The SMILES string of the molecule is CC1=[C]([Zr+2](=[C](c2ccccc2)c2ccccc2)[c]2cc(C(C)(C)C)cc3c2Cc2ccc(C(C)(C)C)cc2-3)C(C)C=C1CC12CC3CC(CC(C3)C1)C2.[Cl-].[Cl-]. The van der Waals surface area contributed by atoms with Crippen LogP contribution in [0.5, 0.6) is 0 Å². The van der Waals surface area contributed by atoms with Crippen LogP contribution in [0.15, 0.2) is 111 Å². The van der Waals surface area contributed by atoms with E-state index in [4.69, 9.17) is 0 Å². The summed E-state index contributed by atoms with van der Waals surface area (Å²) in [5.41, 5.74) is 16.0. The molecule has 10 rings (SSSR count). The summed E-state index contributed by atoms with van der Waals surface area (Å²) in [5, 5.41) is 0. The fourth-order valence-electron chi connectivity index (χ4n) is 12.0. The summed E-state index contributed by atoms with van der Waals surface area (Å²) in [4.78, 5) is 0. The zero-order chi connectivity index (χ0) is 36.9. The standard InChI is InChI=1S/C21H25.C18H25.C13H10.2ClH.Zr/c1-20(2,3)16-9-7-14-11-15-8-10-17(21(4,5)6)13-19(15)18(14)12-16;1-12-3-13(2)17(4-12)11-18-8-14-5-15(9-18)7-16(6-14)10-18;1-3-7-12(8-4-1)11-13-9-5-2-6-10-13;;;/h7,9-10,12-13H,11H2,1-6H3;4,12,14-16H,5-11H2,1-2H3;1-10H;2*1H;/q;;;;;+2/p-2. The minimum Gasteiger partial charge on any atom is -1.00 e. The Morgan fingerprint density at radius 1 is 0.673 bits per heavy atom. The Balaban J connectivity index is 0.00000233. The third-order valence-corrected chi connectivity index (χ3v) is 22.6. The minimum absolute atomic E-state index is 0. The summed E-state index contributed by atoms with van der Waals surface area (Å²) in [6.07, 6.45) is 14.2. The normalized spacial score (nSPS) is 24.7. The van der Waals surface area contributed by atoms with Gasteiger partial charge in [-0.3, -0.25) is 0 Å². The van der Waals surface area contributed by atoms with Crippen LogP contribution >= 0.6 is 0 Å². The van der Waals surface area contributed by atoms with Crippen molar-refractivity contribution in [2.24, 2.45) is 29.1 Å². The van der Waals surface area contributed by atoms with E-state index in [2.05, 4.69) is 152 Å². The van der Waals surface area contributed by atoms with E-state index in [9.17, 15) is 0 Å². The molecule has 0 saturated heterocycles. The summed E-state index contributed by atoms with van der Waals surface area (Å²) in [6.45, 7) is 19.5. The first-order chi connectivity index (χ1) is 25.3. The predicted molar refractivity (Wildman–Crippen MR) is 223 cm³/mol. The maximum Gasteiger partial charge on any atom is -1.00 e. The van der Waals surface area contributed by atoms with E-state index in [0.29, 0.717) is 11.3 Å². The second-order valence-electron chi connectivity index (χ2n) is 20.2. The summed E-state index contributed by atoms with van der Waals surface area (Å²) in [6, 6.07) is 35.9. The van der Waals surface area contributed by atoms with Gasteiger partial charge in [0.1, 0.15) is 0 Å². The van der Waals surface area contributed by atoms with Crippen LogP contribution in [0.3, 0.4) is 0 Å². The van der Waals surface area contributed by atoms with Crippen LogP contribution in [0.1, 0.15) is 134 Å². The average molecular weight is 847 g/mol. The second-order valence-corrected chi connectivity index (χ2v) is 25.9. The molecule has 0 amide bonds. The molecule has 6 aliphatic rings. The zero-order valence-electron chi connectivity index (χ0n) is 34.5. The van der Waals surface area contributed by atoms with Crippen molar-refractivity contribution in [2.75, 3.05) is 0 Å². The molecular weight excluding hydrogens is 787 g/mol. The Bertz CT molecular complexity index is 2110. The van der Waals surface area contributed by atoms with Crippen molar-refractivity contribution in [3.8, 4) is 11.1 Å². The van der Waals surface area contributed by atoms with Gasteiger partial charge in [0.25, 0.3) is 0 Å². The van der Waals surface area contributed by atoms with Crippen molar-refractivity contribution in [1.82, 2.24) is 0 Å². The van der Waals surface area contributed by atoms with Gasteiger partial charge in [0.2, 0.25) is 0 Å². The molecule has 4 aromatic carbocycles. The monoisotopic (exact) mass is 844 g/mol. The van der Waals surface area contributed by atoms with E-state index in [1.807, 2.05) is 3.28 Å². The predicted octanol–water partition coefficient (Wildman–Crippen LogP) is 6.83. The third kappa shape index (κ3) is 7.47. The smallest absolute Gasteiger partial charge is 1.00 e. The second kappa shape index (κ2) is 15.1. The molecule has 0 aromatic heterocycles. The van der Waals surface area contributed by atoms with Crippen LogP contribution in [0, 0.1) is 29.1 Å². The average Bonchev–Trinajstić information content (AvgIpc) is 3.61.